The van der Waals surface area contributed by atoms with Gasteiger partial charge in [-0.25, -0.2) is 0 Å². The molecule has 3 atom stereocenters. The van der Waals surface area contributed by atoms with E-state index in [1.807, 2.05) is 0 Å². The average molecular weight is 168 g/mol. The quantitative estimate of drug-likeness (QED) is 0.582. The van der Waals surface area contributed by atoms with E-state index in [0.29, 0.717) is 0 Å². The van der Waals surface area contributed by atoms with Gasteiger partial charge in [-0.15, -0.1) is 0 Å². The lowest BCUT2D eigenvalue weighted by molar-refractivity contribution is 0.188. The van der Waals surface area contributed by atoms with Crippen molar-refractivity contribution in [3.8, 4) is 0 Å². The third-order valence-corrected chi connectivity index (χ3v) is 3.51. The molecule has 3 unspecified atom stereocenters. The second-order valence-electron chi connectivity index (χ2n) is 5.26. The molecule has 0 heteroatoms. The summed E-state index contributed by atoms with van der Waals surface area (Å²) in [7, 11) is 0. The predicted octanol–water partition coefficient (Wildman–Crippen LogP) is 4.10. The van der Waals surface area contributed by atoms with Crippen molar-refractivity contribution < 1.29 is 0 Å². The van der Waals surface area contributed by atoms with Crippen molar-refractivity contribution >= 4 is 0 Å². The predicted molar refractivity (Wildman–Crippen MR) is 55.1 cm³/mol. The van der Waals surface area contributed by atoms with Crippen LogP contribution in [0.5, 0.6) is 0 Å². The lowest BCUT2D eigenvalue weighted by atomic mass is 9.73. The summed E-state index contributed by atoms with van der Waals surface area (Å²) in [5.41, 5.74) is 0. The fourth-order valence-corrected chi connectivity index (χ4v) is 2.54. The molecule has 0 saturated heterocycles. The van der Waals surface area contributed by atoms with Crippen LogP contribution in [0.15, 0.2) is 0 Å². The summed E-state index contributed by atoms with van der Waals surface area (Å²) >= 11 is 0. The van der Waals surface area contributed by atoms with Gasteiger partial charge in [-0.2, -0.15) is 0 Å². The first-order valence-electron chi connectivity index (χ1n) is 5.59. The number of hydrogen-bond acceptors (Lipinski definition) is 0. The minimum Gasteiger partial charge on any atom is -0.0628 e. The van der Waals surface area contributed by atoms with Crippen molar-refractivity contribution in [2.75, 3.05) is 0 Å². The van der Waals surface area contributed by atoms with E-state index in [0.717, 1.165) is 23.7 Å². The van der Waals surface area contributed by atoms with Crippen LogP contribution in [0.3, 0.4) is 0 Å². The van der Waals surface area contributed by atoms with Crippen molar-refractivity contribution in [3.05, 3.63) is 0 Å². The molecule has 1 saturated carbocycles. The summed E-state index contributed by atoms with van der Waals surface area (Å²) < 4.78 is 0. The van der Waals surface area contributed by atoms with Crippen molar-refractivity contribution in [1.29, 1.82) is 0 Å². The maximum absolute atomic E-state index is 2.43. The minimum absolute atomic E-state index is 0.899. The molecule has 0 amide bonds. The van der Waals surface area contributed by atoms with Crippen LogP contribution in [0, 0.1) is 23.7 Å². The first kappa shape index (κ1) is 10.1. The molecule has 0 heterocycles. The molecule has 0 aromatic heterocycles. The highest BCUT2D eigenvalue weighted by Gasteiger charge is 2.24. The zero-order valence-electron chi connectivity index (χ0n) is 9.14. The summed E-state index contributed by atoms with van der Waals surface area (Å²) in [4.78, 5) is 0. The SMILES string of the molecule is CC(C)CC1CCC(C)C(C)C1. The lowest BCUT2D eigenvalue weighted by Gasteiger charge is -2.32. The van der Waals surface area contributed by atoms with Crippen molar-refractivity contribution in [3.63, 3.8) is 0 Å². The van der Waals surface area contributed by atoms with E-state index in [-0.39, 0.29) is 0 Å². The smallest absolute Gasteiger partial charge is 0.0409 e. The Hall–Kier alpha value is 0. The van der Waals surface area contributed by atoms with Gasteiger partial charge in [-0.05, 0) is 36.5 Å². The van der Waals surface area contributed by atoms with E-state index < -0.39 is 0 Å². The van der Waals surface area contributed by atoms with Gasteiger partial charge in [0.15, 0.2) is 0 Å². The molecule has 0 nitrogen and oxygen atoms in total. The highest BCUT2D eigenvalue weighted by Crippen LogP contribution is 2.36. The molecular weight excluding hydrogens is 144 g/mol. The van der Waals surface area contributed by atoms with Gasteiger partial charge in [0.1, 0.15) is 0 Å². The van der Waals surface area contributed by atoms with E-state index in [4.69, 9.17) is 0 Å². The third kappa shape index (κ3) is 2.80. The Morgan fingerprint density at radius 1 is 1.08 bits per heavy atom. The van der Waals surface area contributed by atoms with Gasteiger partial charge in [0.2, 0.25) is 0 Å². The first-order valence-corrected chi connectivity index (χ1v) is 5.59. The van der Waals surface area contributed by atoms with Crippen LogP contribution < -0.4 is 0 Å². The second-order valence-corrected chi connectivity index (χ2v) is 5.26. The fraction of sp³-hybridized carbons (Fsp3) is 1.00. The summed E-state index contributed by atoms with van der Waals surface area (Å²) in [5.74, 6) is 3.89. The van der Waals surface area contributed by atoms with E-state index in [1.165, 1.54) is 25.7 Å². The molecule has 0 bridgehead atoms. The van der Waals surface area contributed by atoms with Gasteiger partial charge in [-0.1, -0.05) is 40.5 Å². The average Bonchev–Trinajstić information content (AvgIpc) is 1.96. The Labute approximate surface area is 77.7 Å². The maximum Gasteiger partial charge on any atom is -0.0409 e. The molecule has 0 aromatic rings. The summed E-state index contributed by atoms with van der Waals surface area (Å²) in [6.45, 7) is 9.54. The van der Waals surface area contributed by atoms with Crippen LogP contribution in [-0.2, 0) is 0 Å². The Morgan fingerprint density at radius 3 is 2.25 bits per heavy atom. The summed E-state index contributed by atoms with van der Waals surface area (Å²) in [6.07, 6.45) is 5.90. The first-order chi connectivity index (χ1) is 5.59. The zero-order chi connectivity index (χ0) is 9.14. The molecule has 72 valence electrons. The normalized spacial score (nSPS) is 37.2. The van der Waals surface area contributed by atoms with Gasteiger partial charge < -0.3 is 0 Å². The van der Waals surface area contributed by atoms with Gasteiger partial charge in [0, 0.05) is 0 Å². The topological polar surface area (TPSA) is 0 Å². The van der Waals surface area contributed by atoms with Crippen LogP contribution in [0.1, 0.15) is 53.4 Å². The zero-order valence-corrected chi connectivity index (χ0v) is 9.14. The van der Waals surface area contributed by atoms with Gasteiger partial charge in [0.25, 0.3) is 0 Å². The van der Waals surface area contributed by atoms with Crippen molar-refractivity contribution in [2.24, 2.45) is 23.7 Å². The van der Waals surface area contributed by atoms with Crippen LogP contribution >= 0.6 is 0 Å². The second kappa shape index (κ2) is 4.30. The molecular formula is C12H24. The van der Waals surface area contributed by atoms with E-state index in [9.17, 15) is 0 Å². The Balaban J connectivity index is 2.30. The fourth-order valence-electron chi connectivity index (χ4n) is 2.54. The molecule has 0 aromatic carbocycles. The molecule has 1 aliphatic rings. The van der Waals surface area contributed by atoms with Gasteiger partial charge in [0.05, 0.1) is 0 Å². The number of hydrogen-bond donors (Lipinski definition) is 0. The van der Waals surface area contributed by atoms with Crippen LogP contribution in [-0.4, -0.2) is 0 Å². The standard InChI is InChI=1S/C12H24/c1-9(2)7-12-6-5-10(3)11(4)8-12/h9-12H,5-8H2,1-4H3. The lowest BCUT2D eigenvalue weighted by Crippen LogP contribution is -2.21. The van der Waals surface area contributed by atoms with Crippen LogP contribution in [0.4, 0.5) is 0 Å². The molecule has 1 fully saturated rings. The Morgan fingerprint density at radius 2 is 1.75 bits per heavy atom. The van der Waals surface area contributed by atoms with Gasteiger partial charge >= 0.3 is 0 Å². The summed E-state index contributed by atoms with van der Waals surface area (Å²) in [6, 6.07) is 0. The Bertz CT molecular complexity index is 126. The molecule has 1 rings (SSSR count). The van der Waals surface area contributed by atoms with Crippen molar-refractivity contribution in [2.45, 2.75) is 53.4 Å². The highest BCUT2D eigenvalue weighted by atomic mass is 14.3. The molecule has 1 aliphatic carbocycles. The minimum atomic E-state index is 0.899. The van der Waals surface area contributed by atoms with Crippen LogP contribution in [0.25, 0.3) is 0 Å². The highest BCUT2D eigenvalue weighted by molar-refractivity contribution is 4.75. The molecule has 0 aliphatic heterocycles. The van der Waals surface area contributed by atoms with Gasteiger partial charge in [-0.3, -0.25) is 0 Å². The van der Waals surface area contributed by atoms with E-state index in [1.54, 1.807) is 0 Å². The molecule has 0 spiro atoms. The largest absolute Gasteiger partial charge is 0.0628 e. The van der Waals surface area contributed by atoms with Crippen LogP contribution in [0.2, 0.25) is 0 Å². The molecule has 0 radical (unpaired) electrons. The molecule has 0 N–H and O–H groups in total. The number of rotatable bonds is 2. The molecule has 12 heavy (non-hydrogen) atoms. The van der Waals surface area contributed by atoms with E-state index in [2.05, 4.69) is 27.7 Å². The third-order valence-electron chi connectivity index (χ3n) is 3.51. The van der Waals surface area contributed by atoms with E-state index >= 15 is 0 Å². The summed E-state index contributed by atoms with van der Waals surface area (Å²) in [5, 5.41) is 0. The Kier molecular flexibility index (Phi) is 3.61. The monoisotopic (exact) mass is 168 g/mol. The maximum atomic E-state index is 2.43. The van der Waals surface area contributed by atoms with Crippen molar-refractivity contribution in [1.82, 2.24) is 0 Å².